The van der Waals surface area contributed by atoms with Gasteiger partial charge >= 0.3 is 5.97 Å². The van der Waals surface area contributed by atoms with Gasteiger partial charge in [-0.2, -0.15) is 0 Å². The highest BCUT2D eigenvalue weighted by Gasteiger charge is 2.18. The molecule has 3 aromatic carbocycles. The smallest absolute Gasteiger partial charge is 0.307 e. The second-order valence-corrected chi connectivity index (χ2v) is 7.08. The molecule has 3 nitrogen and oxygen atoms in total. The van der Waals surface area contributed by atoms with Gasteiger partial charge in [0.15, 0.2) is 0 Å². The second-order valence-electron chi connectivity index (χ2n) is 6.67. The zero-order chi connectivity index (χ0) is 20.5. The van der Waals surface area contributed by atoms with E-state index in [9.17, 15) is 4.79 Å². The van der Waals surface area contributed by atoms with Crippen LogP contribution in [0.5, 0.6) is 0 Å². The fourth-order valence-electron chi connectivity index (χ4n) is 3.18. The Morgan fingerprint density at radius 1 is 0.897 bits per heavy atom. The minimum absolute atomic E-state index is 0.197. The van der Waals surface area contributed by atoms with Gasteiger partial charge in [0, 0.05) is 16.1 Å². The van der Waals surface area contributed by atoms with Gasteiger partial charge in [-0.25, -0.2) is 0 Å². The highest BCUT2D eigenvalue weighted by Crippen LogP contribution is 2.21. The molecule has 0 amide bonds. The third-order valence-electron chi connectivity index (χ3n) is 4.53. The van der Waals surface area contributed by atoms with Crippen molar-refractivity contribution in [2.75, 3.05) is 6.61 Å². The quantitative estimate of drug-likeness (QED) is 0.354. The van der Waals surface area contributed by atoms with Crippen molar-refractivity contribution in [1.29, 1.82) is 0 Å². The zero-order valence-electron chi connectivity index (χ0n) is 16.4. The first-order chi connectivity index (χ1) is 14.2. The van der Waals surface area contributed by atoms with Gasteiger partial charge in [-0.3, -0.25) is 9.79 Å². The number of rotatable bonds is 8. The van der Waals surface area contributed by atoms with Crippen LogP contribution in [0.3, 0.4) is 0 Å². The van der Waals surface area contributed by atoms with Crippen molar-refractivity contribution in [3.05, 3.63) is 107 Å². The Morgan fingerprint density at radius 3 is 2.00 bits per heavy atom. The number of benzene rings is 3. The predicted octanol–water partition coefficient (Wildman–Crippen LogP) is 5.74. The predicted molar refractivity (Wildman–Crippen MR) is 119 cm³/mol. The Kier molecular flexibility index (Phi) is 7.60. The van der Waals surface area contributed by atoms with Crippen molar-refractivity contribution in [2.24, 2.45) is 4.99 Å². The van der Waals surface area contributed by atoms with Crippen LogP contribution in [0.2, 0.25) is 5.02 Å². The van der Waals surface area contributed by atoms with E-state index in [2.05, 4.69) is 0 Å². The molecule has 148 valence electrons. The molecule has 0 fully saturated rings. The minimum atomic E-state index is -0.288. The summed E-state index contributed by atoms with van der Waals surface area (Å²) in [6, 6.07) is 27.4. The number of carbonyl (C=O) groups is 1. The van der Waals surface area contributed by atoms with Crippen molar-refractivity contribution >= 4 is 23.3 Å². The fourth-order valence-corrected chi connectivity index (χ4v) is 3.40. The number of aliphatic imine (C=N–C) groups is 1. The molecule has 1 atom stereocenters. The molecule has 4 heteroatoms. The van der Waals surface area contributed by atoms with Gasteiger partial charge in [-0.1, -0.05) is 90.5 Å². The number of esters is 1. The summed E-state index contributed by atoms with van der Waals surface area (Å²) in [7, 11) is 0. The first-order valence-electron chi connectivity index (χ1n) is 9.75. The Balaban J connectivity index is 2.01. The summed E-state index contributed by atoms with van der Waals surface area (Å²) in [5, 5.41) is 0.678. The van der Waals surface area contributed by atoms with Crippen molar-refractivity contribution in [1.82, 2.24) is 0 Å². The molecule has 3 aromatic rings. The van der Waals surface area contributed by atoms with Gasteiger partial charge in [0.05, 0.1) is 24.8 Å². The number of carbonyl (C=O) groups excluding carboxylic acids is 1. The van der Waals surface area contributed by atoms with E-state index in [1.807, 2.05) is 91.9 Å². The van der Waals surface area contributed by atoms with Gasteiger partial charge < -0.3 is 4.74 Å². The summed E-state index contributed by atoms with van der Waals surface area (Å²) in [6.45, 7) is 2.16. The minimum Gasteiger partial charge on any atom is -0.466 e. The van der Waals surface area contributed by atoms with E-state index in [4.69, 9.17) is 21.3 Å². The van der Waals surface area contributed by atoms with E-state index in [0.717, 1.165) is 22.4 Å². The van der Waals surface area contributed by atoms with Crippen molar-refractivity contribution < 1.29 is 9.53 Å². The molecule has 0 N–H and O–H groups in total. The van der Waals surface area contributed by atoms with E-state index in [0.29, 0.717) is 18.1 Å². The van der Waals surface area contributed by atoms with Crippen LogP contribution in [0.4, 0.5) is 0 Å². The van der Waals surface area contributed by atoms with Crippen LogP contribution in [0.25, 0.3) is 0 Å². The van der Waals surface area contributed by atoms with Crippen LogP contribution in [-0.4, -0.2) is 24.3 Å². The maximum atomic E-state index is 12.3. The third-order valence-corrected chi connectivity index (χ3v) is 4.90. The molecular formula is C25H24ClNO2. The lowest BCUT2D eigenvalue weighted by Gasteiger charge is -2.16. The first-order valence-corrected chi connectivity index (χ1v) is 10.1. The molecule has 0 bridgehead atoms. The summed E-state index contributed by atoms with van der Waals surface area (Å²) >= 11 is 6.37. The maximum absolute atomic E-state index is 12.3. The van der Waals surface area contributed by atoms with E-state index in [1.165, 1.54) is 0 Å². The molecule has 3 rings (SSSR count). The topological polar surface area (TPSA) is 38.7 Å². The number of nitrogens with zero attached hydrogens (tertiary/aromatic N) is 1. The average molecular weight is 406 g/mol. The summed E-state index contributed by atoms with van der Waals surface area (Å²) in [4.78, 5) is 17.3. The highest BCUT2D eigenvalue weighted by atomic mass is 35.5. The molecule has 0 spiro atoms. The zero-order valence-corrected chi connectivity index (χ0v) is 17.2. The van der Waals surface area contributed by atoms with Crippen molar-refractivity contribution in [3.63, 3.8) is 0 Å². The Bertz CT molecular complexity index is 913. The summed E-state index contributed by atoms with van der Waals surface area (Å²) in [5.74, 6) is -0.256. The Morgan fingerprint density at radius 2 is 1.45 bits per heavy atom. The first kappa shape index (κ1) is 20.8. The second kappa shape index (κ2) is 10.6. The molecule has 0 aliphatic rings. The molecule has 0 aliphatic heterocycles. The highest BCUT2D eigenvalue weighted by molar-refractivity contribution is 6.31. The molecule has 0 saturated carbocycles. The summed E-state index contributed by atoms with van der Waals surface area (Å²) in [6.07, 6.45) is 0.754. The monoisotopic (exact) mass is 405 g/mol. The molecule has 1 unspecified atom stereocenters. The third kappa shape index (κ3) is 6.03. The van der Waals surface area contributed by atoms with Gasteiger partial charge in [0.1, 0.15) is 0 Å². The van der Waals surface area contributed by atoms with Crippen LogP contribution >= 0.6 is 11.6 Å². The standard InChI is InChI=1S/C25H24ClNO2/c1-2-29-24(28)18-22(17-21-15-9-10-16-23(21)26)27-25(19-11-5-3-6-12-19)20-13-7-4-8-14-20/h3-16,22H,2,17-18H2,1H3. The van der Waals surface area contributed by atoms with Crippen LogP contribution in [0.1, 0.15) is 30.0 Å². The summed E-state index contributed by atoms with van der Waals surface area (Å²) < 4.78 is 5.19. The largest absolute Gasteiger partial charge is 0.466 e. The number of halogens is 1. The number of hydrogen-bond donors (Lipinski definition) is 0. The van der Waals surface area contributed by atoms with Crippen LogP contribution in [-0.2, 0) is 16.0 Å². The Labute approximate surface area is 177 Å². The molecule has 29 heavy (non-hydrogen) atoms. The lowest BCUT2D eigenvalue weighted by molar-refractivity contribution is -0.143. The van der Waals surface area contributed by atoms with E-state index in [1.54, 1.807) is 0 Å². The normalized spacial score (nSPS) is 11.5. The molecule has 0 saturated heterocycles. The van der Waals surface area contributed by atoms with Crippen LogP contribution in [0, 0.1) is 0 Å². The van der Waals surface area contributed by atoms with Crippen molar-refractivity contribution in [3.8, 4) is 0 Å². The summed E-state index contributed by atoms with van der Waals surface area (Å²) in [5.41, 5.74) is 3.83. The maximum Gasteiger partial charge on any atom is 0.307 e. The molecule has 0 heterocycles. The van der Waals surface area contributed by atoms with Gasteiger partial charge in [-0.15, -0.1) is 0 Å². The molecule has 0 radical (unpaired) electrons. The lowest BCUT2D eigenvalue weighted by Crippen LogP contribution is -2.20. The molecule has 0 aliphatic carbocycles. The lowest BCUT2D eigenvalue weighted by atomic mass is 9.99. The number of hydrogen-bond acceptors (Lipinski definition) is 3. The molecular weight excluding hydrogens is 382 g/mol. The van der Waals surface area contributed by atoms with E-state index in [-0.39, 0.29) is 18.4 Å². The van der Waals surface area contributed by atoms with E-state index < -0.39 is 0 Å². The SMILES string of the molecule is CCOC(=O)CC(Cc1ccccc1Cl)N=C(c1ccccc1)c1ccccc1. The average Bonchev–Trinajstić information content (AvgIpc) is 2.75. The van der Waals surface area contributed by atoms with Crippen LogP contribution in [0.15, 0.2) is 89.9 Å². The van der Waals surface area contributed by atoms with E-state index >= 15 is 0 Å². The van der Waals surface area contributed by atoms with Gasteiger partial charge in [0.25, 0.3) is 0 Å². The van der Waals surface area contributed by atoms with Gasteiger partial charge in [0.2, 0.25) is 0 Å². The van der Waals surface area contributed by atoms with Gasteiger partial charge in [-0.05, 0) is 25.0 Å². The number of ether oxygens (including phenoxy) is 1. The Hall–Kier alpha value is -2.91. The fraction of sp³-hybridized carbons (Fsp3) is 0.200. The molecule has 0 aromatic heterocycles. The van der Waals surface area contributed by atoms with Crippen molar-refractivity contribution in [2.45, 2.75) is 25.8 Å². The van der Waals surface area contributed by atoms with Crippen LogP contribution < -0.4 is 0 Å².